The zero-order chi connectivity index (χ0) is 11.7. The highest BCUT2D eigenvalue weighted by molar-refractivity contribution is 9.10. The quantitative estimate of drug-likeness (QED) is 0.895. The SMILES string of the molecule is O=C(O)c1cc(-c2c(Cl)cccc2Br)n[nH]1. The maximum Gasteiger partial charge on any atom is 0.353 e. The fraction of sp³-hybridized carbons (Fsp3) is 0. The summed E-state index contributed by atoms with van der Waals surface area (Å²) in [4.78, 5) is 10.7. The number of nitrogens with zero attached hydrogens (tertiary/aromatic N) is 1. The number of hydrogen-bond donors (Lipinski definition) is 2. The van der Waals surface area contributed by atoms with Crippen molar-refractivity contribution in [3.63, 3.8) is 0 Å². The van der Waals surface area contributed by atoms with Crippen molar-refractivity contribution in [2.75, 3.05) is 0 Å². The third kappa shape index (κ3) is 1.96. The van der Waals surface area contributed by atoms with Crippen LogP contribution in [0.3, 0.4) is 0 Å². The smallest absolute Gasteiger partial charge is 0.353 e. The summed E-state index contributed by atoms with van der Waals surface area (Å²) in [5.74, 6) is -1.05. The normalized spacial score (nSPS) is 10.4. The second kappa shape index (κ2) is 4.27. The Kier molecular flexibility index (Phi) is 2.98. The Labute approximate surface area is 104 Å². The van der Waals surface area contributed by atoms with Gasteiger partial charge in [-0.05, 0) is 18.2 Å². The average molecular weight is 302 g/mol. The van der Waals surface area contributed by atoms with Crippen molar-refractivity contribution in [2.45, 2.75) is 0 Å². The zero-order valence-corrected chi connectivity index (χ0v) is 10.2. The van der Waals surface area contributed by atoms with Gasteiger partial charge < -0.3 is 5.11 Å². The number of nitrogens with one attached hydrogen (secondary N) is 1. The summed E-state index contributed by atoms with van der Waals surface area (Å²) in [6.07, 6.45) is 0. The van der Waals surface area contributed by atoms with Gasteiger partial charge in [-0.2, -0.15) is 5.10 Å². The summed E-state index contributed by atoms with van der Waals surface area (Å²) in [6, 6.07) is 6.77. The molecule has 0 fully saturated rings. The molecular formula is C10H6BrClN2O2. The molecule has 0 aliphatic carbocycles. The molecule has 2 aromatic rings. The van der Waals surface area contributed by atoms with Crippen LogP contribution in [-0.4, -0.2) is 21.3 Å². The van der Waals surface area contributed by atoms with Crippen LogP contribution in [-0.2, 0) is 0 Å². The number of aromatic carboxylic acids is 1. The highest BCUT2D eigenvalue weighted by atomic mass is 79.9. The van der Waals surface area contributed by atoms with E-state index in [1.165, 1.54) is 6.07 Å². The molecule has 2 rings (SSSR count). The Morgan fingerprint density at radius 2 is 2.25 bits per heavy atom. The zero-order valence-electron chi connectivity index (χ0n) is 7.87. The van der Waals surface area contributed by atoms with Gasteiger partial charge in [0.25, 0.3) is 0 Å². The Morgan fingerprint density at radius 1 is 1.50 bits per heavy atom. The second-order valence-electron chi connectivity index (χ2n) is 3.07. The number of carboxylic acid groups (broad SMARTS) is 1. The van der Waals surface area contributed by atoms with Crippen LogP contribution >= 0.6 is 27.5 Å². The molecule has 2 N–H and O–H groups in total. The number of aromatic amines is 1. The average Bonchev–Trinajstić information content (AvgIpc) is 2.66. The van der Waals surface area contributed by atoms with E-state index < -0.39 is 5.97 Å². The number of rotatable bonds is 2. The first-order valence-corrected chi connectivity index (χ1v) is 5.50. The fourth-order valence-electron chi connectivity index (χ4n) is 1.30. The molecule has 0 saturated carbocycles. The standard InChI is InChI=1S/C10H6BrClN2O2/c11-5-2-1-3-6(12)9(5)7-4-8(10(15)16)14-13-7/h1-4H,(H,13,14)(H,15,16). The van der Waals surface area contributed by atoms with E-state index in [4.69, 9.17) is 16.7 Å². The van der Waals surface area contributed by atoms with E-state index in [2.05, 4.69) is 26.1 Å². The van der Waals surface area contributed by atoms with Crippen LogP contribution in [0.1, 0.15) is 10.5 Å². The van der Waals surface area contributed by atoms with Crippen LogP contribution in [0.25, 0.3) is 11.3 Å². The molecule has 0 bridgehead atoms. The van der Waals surface area contributed by atoms with Crippen molar-refractivity contribution >= 4 is 33.5 Å². The summed E-state index contributed by atoms with van der Waals surface area (Å²) in [5.41, 5.74) is 1.20. The van der Waals surface area contributed by atoms with Gasteiger partial charge in [-0.1, -0.05) is 33.6 Å². The van der Waals surface area contributed by atoms with E-state index >= 15 is 0 Å². The molecule has 82 valence electrons. The van der Waals surface area contributed by atoms with E-state index in [1.54, 1.807) is 12.1 Å². The van der Waals surface area contributed by atoms with Crippen molar-refractivity contribution in [1.29, 1.82) is 0 Å². The highest BCUT2D eigenvalue weighted by Gasteiger charge is 2.13. The number of H-pyrrole nitrogens is 1. The van der Waals surface area contributed by atoms with Crippen LogP contribution in [0.4, 0.5) is 0 Å². The monoisotopic (exact) mass is 300 g/mol. The summed E-state index contributed by atoms with van der Waals surface area (Å²) < 4.78 is 0.767. The van der Waals surface area contributed by atoms with Gasteiger partial charge in [-0.3, -0.25) is 5.10 Å². The molecule has 6 heteroatoms. The van der Waals surface area contributed by atoms with Gasteiger partial charge in [0.15, 0.2) is 0 Å². The molecule has 4 nitrogen and oxygen atoms in total. The van der Waals surface area contributed by atoms with Crippen LogP contribution in [0, 0.1) is 0 Å². The van der Waals surface area contributed by atoms with Gasteiger partial charge in [0.05, 0.1) is 10.7 Å². The third-order valence-electron chi connectivity index (χ3n) is 2.03. The van der Waals surface area contributed by atoms with Gasteiger partial charge in [0, 0.05) is 10.0 Å². The van der Waals surface area contributed by atoms with Crippen molar-refractivity contribution in [2.24, 2.45) is 0 Å². The maximum absolute atomic E-state index is 10.7. The van der Waals surface area contributed by atoms with E-state index in [0.29, 0.717) is 16.3 Å². The lowest BCUT2D eigenvalue weighted by Crippen LogP contribution is -1.95. The minimum absolute atomic E-state index is 0.0295. The lowest BCUT2D eigenvalue weighted by atomic mass is 10.1. The number of carboxylic acids is 1. The molecule has 1 aromatic heterocycles. The maximum atomic E-state index is 10.7. The molecule has 0 aliphatic heterocycles. The third-order valence-corrected chi connectivity index (χ3v) is 3.00. The molecular weight excluding hydrogens is 295 g/mol. The minimum Gasteiger partial charge on any atom is -0.477 e. The van der Waals surface area contributed by atoms with Crippen LogP contribution in [0.15, 0.2) is 28.7 Å². The van der Waals surface area contributed by atoms with E-state index in [-0.39, 0.29) is 5.69 Å². The van der Waals surface area contributed by atoms with E-state index in [9.17, 15) is 4.79 Å². The van der Waals surface area contributed by atoms with Crippen LogP contribution in [0.5, 0.6) is 0 Å². The van der Waals surface area contributed by atoms with Gasteiger partial charge in [0.1, 0.15) is 5.69 Å². The Bertz CT molecular complexity index is 533. The molecule has 16 heavy (non-hydrogen) atoms. The molecule has 0 saturated heterocycles. The Morgan fingerprint density at radius 3 is 2.81 bits per heavy atom. The van der Waals surface area contributed by atoms with Crippen LogP contribution in [0.2, 0.25) is 5.02 Å². The Balaban J connectivity index is 2.54. The van der Waals surface area contributed by atoms with Gasteiger partial charge in [0.2, 0.25) is 0 Å². The summed E-state index contributed by atoms with van der Waals surface area (Å²) >= 11 is 9.37. The number of carbonyl (C=O) groups is 1. The number of halogens is 2. The minimum atomic E-state index is -1.05. The number of hydrogen-bond acceptors (Lipinski definition) is 2. The molecule has 1 heterocycles. The van der Waals surface area contributed by atoms with E-state index in [0.717, 1.165) is 4.47 Å². The molecule has 0 aliphatic rings. The first kappa shape index (κ1) is 11.2. The predicted octanol–water partition coefficient (Wildman–Crippen LogP) is 3.19. The lowest BCUT2D eigenvalue weighted by Gasteiger charge is -2.02. The summed E-state index contributed by atoms with van der Waals surface area (Å²) in [5, 5.41) is 15.6. The first-order chi connectivity index (χ1) is 7.59. The topological polar surface area (TPSA) is 66.0 Å². The molecule has 0 spiro atoms. The second-order valence-corrected chi connectivity index (χ2v) is 4.33. The lowest BCUT2D eigenvalue weighted by molar-refractivity contribution is 0.0690. The summed E-state index contributed by atoms with van der Waals surface area (Å²) in [6.45, 7) is 0. The van der Waals surface area contributed by atoms with Crippen molar-refractivity contribution < 1.29 is 9.90 Å². The Hall–Kier alpha value is -1.33. The van der Waals surface area contributed by atoms with Gasteiger partial charge >= 0.3 is 5.97 Å². The largest absolute Gasteiger partial charge is 0.477 e. The molecule has 0 amide bonds. The predicted molar refractivity (Wildman–Crippen MR) is 63.7 cm³/mol. The van der Waals surface area contributed by atoms with E-state index in [1.807, 2.05) is 6.07 Å². The summed E-state index contributed by atoms with van der Waals surface area (Å²) in [7, 11) is 0. The van der Waals surface area contributed by atoms with Gasteiger partial charge in [-0.15, -0.1) is 0 Å². The van der Waals surface area contributed by atoms with Crippen molar-refractivity contribution in [3.05, 3.63) is 39.5 Å². The number of benzene rings is 1. The van der Waals surface area contributed by atoms with Crippen LogP contribution < -0.4 is 0 Å². The highest BCUT2D eigenvalue weighted by Crippen LogP contribution is 2.33. The van der Waals surface area contributed by atoms with Crippen molar-refractivity contribution in [1.82, 2.24) is 10.2 Å². The number of aromatic nitrogens is 2. The molecule has 0 radical (unpaired) electrons. The molecule has 1 aromatic carbocycles. The van der Waals surface area contributed by atoms with Gasteiger partial charge in [-0.25, -0.2) is 4.79 Å². The first-order valence-electron chi connectivity index (χ1n) is 4.32. The molecule has 0 unspecified atom stereocenters. The van der Waals surface area contributed by atoms with Crippen molar-refractivity contribution in [3.8, 4) is 11.3 Å². The fourth-order valence-corrected chi connectivity index (χ4v) is 2.26. The molecule has 0 atom stereocenters.